The molecule has 4 aromatic rings. The second-order valence-electron chi connectivity index (χ2n) is 8.27. The number of nitrogens with zero attached hydrogens (tertiary/aromatic N) is 2. The highest BCUT2D eigenvalue weighted by Gasteiger charge is 2.15. The number of hydrogen-bond donors (Lipinski definition) is 2. The van der Waals surface area contributed by atoms with Gasteiger partial charge in [0.05, 0.1) is 26.1 Å². The summed E-state index contributed by atoms with van der Waals surface area (Å²) in [5, 5.41) is 3.68. The lowest BCUT2D eigenvalue weighted by atomic mass is 10.0. The van der Waals surface area contributed by atoms with Crippen LogP contribution in [0.5, 0.6) is 11.5 Å². The van der Waals surface area contributed by atoms with Crippen LogP contribution in [0.2, 0.25) is 0 Å². The number of benzene rings is 2. The fourth-order valence-corrected chi connectivity index (χ4v) is 3.81. The number of rotatable bonds is 8. The SMILES string of the molecule is COc1cc2[nH]c3c(=O)n(CCC(=O)NCc4ccc(C(C)C)cc4)cnc3c2cc1OC. The second-order valence-corrected chi connectivity index (χ2v) is 8.27. The molecule has 0 atom stereocenters. The number of carbonyl (C=O) groups excluding carboxylic acids is 1. The van der Waals surface area contributed by atoms with Crippen molar-refractivity contribution in [2.75, 3.05) is 14.2 Å². The van der Waals surface area contributed by atoms with Crippen LogP contribution in [-0.4, -0.2) is 34.7 Å². The lowest BCUT2D eigenvalue weighted by Crippen LogP contribution is -2.27. The Bertz CT molecular complexity index is 1350. The van der Waals surface area contributed by atoms with Crippen molar-refractivity contribution < 1.29 is 14.3 Å². The van der Waals surface area contributed by atoms with Gasteiger partial charge in [0.1, 0.15) is 11.0 Å². The van der Waals surface area contributed by atoms with E-state index in [2.05, 4.69) is 41.3 Å². The van der Waals surface area contributed by atoms with E-state index < -0.39 is 0 Å². The summed E-state index contributed by atoms with van der Waals surface area (Å²) in [4.78, 5) is 32.9. The van der Waals surface area contributed by atoms with E-state index in [-0.39, 0.29) is 24.4 Å². The molecule has 2 aromatic carbocycles. The van der Waals surface area contributed by atoms with Gasteiger partial charge in [-0.3, -0.25) is 14.2 Å². The molecule has 0 aliphatic carbocycles. The predicted molar refractivity (Wildman–Crippen MR) is 128 cm³/mol. The molecule has 0 fully saturated rings. The highest BCUT2D eigenvalue weighted by molar-refractivity contribution is 6.05. The summed E-state index contributed by atoms with van der Waals surface area (Å²) in [5.74, 6) is 1.47. The molecule has 0 saturated carbocycles. The maximum atomic E-state index is 13.0. The molecule has 2 N–H and O–H groups in total. The molecule has 0 saturated heterocycles. The number of H-pyrrole nitrogens is 1. The van der Waals surface area contributed by atoms with E-state index in [1.807, 2.05) is 12.1 Å². The first-order valence-electron chi connectivity index (χ1n) is 10.9. The third kappa shape index (κ3) is 4.55. The van der Waals surface area contributed by atoms with Crippen LogP contribution in [0.25, 0.3) is 21.9 Å². The minimum absolute atomic E-state index is 0.124. The van der Waals surface area contributed by atoms with Crippen molar-refractivity contribution in [3.63, 3.8) is 0 Å². The number of carbonyl (C=O) groups is 1. The maximum absolute atomic E-state index is 13.0. The second kappa shape index (κ2) is 9.36. The van der Waals surface area contributed by atoms with E-state index >= 15 is 0 Å². The van der Waals surface area contributed by atoms with E-state index in [0.29, 0.717) is 35.0 Å². The molecule has 2 heterocycles. The molecule has 4 rings (SSSR count). The van der Waals surface area contributed by atoms with Gasteiger partial charge < -0.3 is 19.8 Å². The predicted octanol–water partition coefficient (Wildman–Crippen LogP) is 3.72. The Balaban J connectivity index is 1.46. The summed E-state index contributed by atoms with van der Waals surface area (Å²) in [7, 11) is 3.12. The smallest absolute Gasteiger partial charge is 0.277 e. The number of nitrogens with one attached hydrogen (secondary N) is 2. The summed E-state index contributed by atoms with van der Waals surface area (Å²) in [6.07, 6.45) is 1.66. The van der Waals surface area contributed by atoms with Gasteiger partial charge >= 0.3 is 0 Å². The van der Waals surface area contributed by atoms with Gasteiger partial charge in [0.2, 0.25) is 5.91 Å². The summed E-state index contributed by atoms with van der Waals surface area (Å²) in [6.45, 7) is 4.99. The van der Waals surface area contributed by atoms with Crippen LogP contribution in [0.3, 0.4) is 0 Å². The normalized spacial score (nSPS) is 11.3. The summed E-state index contributed by atoms with van der Waals surface area (Å²) in [5.41, 5.74) is 3.74. The molecule has 0 aliphatic rings. The summed E-state index contributed by atoms with van der Waals surface area (Å²) in [6, 6.07) is 11.8. The highest BCUT2D eigenvalue weighted by atomic mass is 16.5. The van der Waals surface area contributed by atoms with E-state index in [1.54, 1.807) is 26.4 Å². The third-order valence-corrected chi connectivity index (χ3v) is 5.79. The molecule has 0 unspecified atom stereocenters. The first-order valence-corrected chi connectivity index (χ1v) is 10.9. The van der Waals surface area contributed by atoms with Crippen LogP contribution in [0, 0.1) is 0 Å². The van der Waals surface area contributed by atoms with E-state index in [4.69, 9.17) is 9.47 Å². The van der Waals surface area contributed by atoms with Gasteiger partial charge in [-0.05, 0) is 23.1 Å². The number of hydrogen-bond acceptors (Lipinski definition) is 5. The van der Waals surface area contributed by atoms with Gasteiger partial charge in [0, 0.05) is 31.0 Å². The van der Waals surface area contributed by atoms with Crippen molar-refractivity contribution in [3.05, 3.63) is 64.2 Å². The van der Waals surface area contributed by atoms with Crippen LogP contribution in [0.1, 0.15) is 37.3 Å². The van der Waals surface area contributed by atoms with Crippen molar-refractivity contribution in [2.24, 2.45) is 0 Å². The fraction of sp³-hybridized carbons (Fsp3) is 0.320. The fourth-order valence-electron chi connectivity index (χ4n) is 3.81. The number of fused-ring (bicyclic) bond motifs is 3. The Kier molecular flexibility index (Phi) is 6.35. The average molecular weight is 449 g/mol. The number of aromatic nitrogens is 3. The summed E-state index contributed by atoms with van der Waals surface area (Å²) < 4.78 is 12.1. The first kappa shape index (κ1) is 22.4. The Morgan fingerprint density at radius 3 is 2.48 bits per heavy atom. The lowest BCUT2D eigenvalue weighted by molar-refractivity contribution is -0.121. The molecular formula is C25H28N4O4. The maximum Gasteiger partial charge on any atom is 0.277 e. The molecule has 172 valence electrons. The molecule has 0 radical (unpaired) electrons. The molecule has 0 aliphatic heterocycles. The molecular weight excluding hydrogens is 420 g/mol. The number of ether oxygens (including phenoxy) is 2. The van der Waals surface area contributed by atoms with Gasteiger partial charge in [0.25, 0.3) is 5.56 Å². The molecule has 33 heavy (non-hydrogen) atoms. The zero-order valence-electron chi connectivity index (χ0n) is 19.3. The topological polar surface area (TPSA) is 98.2 Å². The Hall–Kier alpha value is -3.81. The number of amides is 1. The van der Waals surface area contributed by atoms with Crippen LogP contribution in [-0.2, 0) is 17.9 Å². The standard InChI is InChI=1S/C25H28N4O4/c1-15(2)17-7-5-16(6-8-17)13-26-22(30)9-10-29-14-27-23-18-11-20(32-3)21(33-4)12-19(18)28-24(23)25(29)31/h5-8,11-12,14-15,28H,9-10,13H2,1-4H3,(H,26,30). The van der Waals surface area contributed by atoms with E-state index in [1.165, 1.54) is 16.5 Å². The highest BCUT2D eigenvalue weighted by Crippen LogP contribution is 2.34. The minimum atomic E-state index is -0.230. The molecule has 0 bridgehead atoms. The zero-order chi connectivity index (χ0) is 23.5. The number of aromatic amines is 1. The van der Waals surface area contributed by atoms with Crippen molar-refractivity contribution in [2.45, 2.75) is 39.3 Å². The van der Waals surface area contributed by atoms with E-state index in [0.717, 1.165) is 16.5 Å². The Labute approximate surface area is 191 Å². The molecule has 1 amide bonds. The Morgan fingerprint density at radius 1 is 1.12 bits per heavy atom. The number of methoxy groups -OCH3 is 2. The molecule has 8 heteroatoms. The monoisotopic (exact) mass is 448 g/mol. The van der Waals surface area contributed by atoms with Gasteiger partial charge in [-0.25, -0.2) is 4.98 Å². The zero-order valence-corrected chi connectivity index (χ0v) is 19.3. The minimum Gasteiger partial charge on any atom is -0.493 e. The van der Waals surface area contributed by atoms with Crippen LogP contribution >= 0.6 is 0 Å². The number of aryl methyl sites for hydroxylation is 1. The first-order chi connectivity index (χ1) is 15.9. The van der Waals surface area contributed by atoms with Gasteiger partial charge in [-0.1, -0.05) is 38.1 Å². The van der Waals surface area contributed by atoms with E-state index in [9.17, 15) is 9.59 Å². The van der Waals surface area contributed by atoms with Crippen molar-refractivity contribution in [3.8, 4) is 11.5 Å². The largest absolute Gasteiger partial charge is 0.493 e. The average Bonchev–Trinajstić information content (AvgIpc) is 3.19. The molecule has 8 nitrogen and oxygen atoms in total. The van der Waals surface area contributed by atoms with Crippen LogP contribution < -0.4 is 20.3 Å². The van der Waals surface area contributed by atoms with Gasteiger partial charge in [-0.2, -0.15) is 0 Å². The molecule has 0 spiro atoms. The van der Waals surface area contributed by atoms with Crippen LogP contribution in [0.15, 0.2) is 47.5 Å². The van der Waals surface area contributed by atoms with Crippen molar-refractivity contribution in [1.29, 1.82) is 0 Å². The quantitative estimate of drug-likeness (QED) is 0.428. The lowest BCUT2D eigenvalue weighted by Gasteiger charge is -2.09. The van der Waals surface area contributed by atoms with Gasteiger partial charge in [0.15, 0.2) is 11.5 Å². The van der Waals surface area contributed by atoms with Crippen LogP contribution in [0.4, 0.5) is 0 Å². The van der Waals surface area contributed by atoms with Crippen molar-refractivity contribution in [1.82, 2.24) is 19.9 Å². The van der Waals surface area contributed by atoms with Gasteiger partial charge in [-0.15, -0.1) is 0 Å². The third-order valence-electron chi connectivity index (χ3n) is 5.79. The summed E-state index contributed by atoms with van der Waals surface area (Å²) >= 11 is 0. The molecule has 2 aromatic heterocycles. The van der Waals surface area contributed by atoms with Crippen molar-refractivity contribution >= 4 is 27.8 Å². The Morgan fingerprint density at radius 2 is 1.82 bits per heavy atom.